The highest BCUT2D eigenvalue weighted by molar-refractivity contribution is 9.10. The largest absolute Gasteiger partial charge is 0.379 e. The van der Waals surface area contributed by atoms with Crippen molar-refractivity contribution in [1.29, 1.82) is 0 Å². The van der Waals surface area contributed by atoms with Crippen LogP contribution in [0.5, 0.6) is 0 Å². The molecule has 2 heterocycles. The van der Waals surface area contributed by atoms with E-state index in [0.29, 0.717) is 19.8 Å². The van der Waals surface area contributed by atoms with Crippen molar-refractivity contribution in [2.45, 2.75) is 19.0 Å². The predicted octanol–water partition coefficient (Wildman–Crippen LogP) is 2.00. The lowest BCUT2D eigenvalue weighted by atomic mass is 10.2. The molecule has 0 saturated carbocycles. The molecule has 2 aliphatic heterocycles. The average molecular weight is 339 g/mol. The molecule has 0 spiro atoms. The van der Waals surface area contributed by atoms with Crippen molar-refractivity contribution in [2.24, 2.45) is 0 Å². The first kappa shape index (κ1) is 13.6. The van der Waals surface area contributed by atoms with Crippen molar-refractivity contribution in [2.75, 3.05) is 19.8 Å². The summed E-state index contributed by atoms with van der Waals surface area (Å²) in [5.74, 6) is -0.123. The second kappa shape index (κ2) is 5.54. The quantitative estimate of drug-likeness (QED) is 0.792. The molecule has 3 rings (SSSR count). The summed E-state index contributed by atoms with van der Waals surface area (Å²) >= 11 is 3.38. The topological polar surface area (TPSA) is 49.9 Å². The van der Waals surface area contributed by atoms with Gasteiger partial charge in [-0.25, -0.2) is 4.79 Å². The highest BCUT2D eigenvalue weighted by atomic mass is 79.9. The van der Waals surface area contributed by atoms with E-state index in [2.05, 4.69) is 15.9 Å². The van der Waals surface area contributed by atoms with Gasteiger partial charge in [0.2, 0.25) is 0 Å². The molecule has 3 amide bonds. The average Bonchev–Trinajstić information content (AvgIpc) is 3.02. The van der Waals surface area contributed by atoms with E-state index in [0.717, 1.165) is 16.5 Å². The molecule has 6 heteroatoms. The van der Waals surface area contributed by atoms with Crippen LogP contribution in [0.15, 0.2) is 28.7 Å². The Morgan fingerprint density at radius 1 is 1.25 bits per heavy atom. The lowest BCUT2D eigenvalue weighted by Gasteiger charge is -2.21. The summed E-state index contributed by atoms with van der Waals surface area (Å²) in [6.45, 7) is 1.70. The van der Waals surface area contributed by atoms with Gasteiger partial charge in [0.05, 0.1) is 12.6 Å². The monoisotopic (exact) mass is 338 g/mol. The number of ether oxygens (including phenoxy) is 1. The normalized spacial score (nSPS) is 22.9. The molecule has 20 heavy (non-hydrogen) atoms. The summed E-state index contributed by atoms with van der Waals surface area (Å²) < 4.78 is 6.26. The molecule has 2 fully saturated rings. The number of hydrogen-bond acceptors (Lipinski definition) is 3. The highest BCUT2D eigenvalue weighted by Crippen LogP contribution is 2.22. The van der Waals surface area contributed by atoms with E-state index < -0.39 is 0 Å². The first-order chi connectivity index (χ1) is 9.65. The van der Waals surface area contributed by atoms with E-state index in [9.17, 15) is 9.59 Å². The summed E-state index contributed by atoms with van der Waals surface area (Å²) in [6.07, 6.45) is 0.740. The van der Waals surface area contributed by atoms with E-state index in [4.69, 9.17) is 4.74 Å². The first-order valence-electron chi connectivity index (χ1n) is 6.58. The van der Waals surface area contributed by atoms with Crippen molar-refractivity contribution in [3.05, 3.63) is 34.3 Å². The van der Waals surface area contributed by atoms with Gasteiger partial charge >= 0.3 is 6.03 Å². The van der Waals surface area contributed by atoms with Gasteiger partial charge in [-0.3, -0.25) is 9.69 Å². The number of halogens is 1. The second-order valence-corrected chi connectivity index (χ2v) is 5.96. The van der Waals surface area contributed by atoms with Gasteiger partial charge in [0.1, 0.15) is 6.54 Å². The summed E-state index contributed by atoms with van der Waals surface area (Å²) in [5, 5.41) is 0. The highest BCUT2D eigenvalue weighted by Gasteiger charge is 2.41. The van der Waals surface area contributed by atoms with Crippen LogP contribution < -0.4 is 0 Å². The van der Waals surface area contributed by atoms with Crippen molar-refractivity contribution >= 4 is 27.9 Å². The fraction of sp³-hybridized carbons (Fsp3) is 0.429. The number of urea groups is 1. The zero-order valence-electron chi connectivity index (χ0n) is 10.9. The van der Waals surface area contributed by atoms with Gasteiger partial charge in [-0.1, -0.05) is 28.1 Å². The van der Waals surface area contributed by atoms with Gasteiger partial charge < -0.3 is 9.64 Å². The minimum absolute atomic E-state index is 0.0927. The van der Waals surface area contributed by atoms with Gasteiger partial charge in [0.15, 0.2) is 0 Å². The van der Waals surface area contributed by atoms with Crippen molar-refractivity contribution in [3.8, 4) is 0 Å². The Balaban J connectivity index is 1.70. The van der Waals surface area contributed by atoms with Crippen LogP contribution in [0.3, 0.4) is 0 Å². The molecule has 1 atom stereocenters. The van der Waals surface area contributed by atoms with Crippen molar-refractivity contribution in [3.63, 3.8) is 0 Å². The summed E-state index contributed by atoms with van der Waals surface area (Å²) in [6, 6.07) is 7.46. The zero-order valence-corrected chi connectivity index (χ0v) is 12.5. The minimum atomic E-state index is -0.201. The standard InChI is InChI=1S/C14H15BrN2O3/c15-11-3-1-10(2-4-11)7-16-8-13(18)17(14(16)19)12-5-6-20-9-12/h1-4,12H,5-9H2. The summed E-state index contributed by atoms with van der Waals surface area (Å²) in [7, 11) is 0. The molecule has 0 aromatic heterocycles. The first-order valence-corrected chi connectivity index (χ1v) is 7.37. The van der Waals surface area contributed by atoms with Crippen LogP contribution in [0, 0.1) is 0 Å². The fourth-order valence-corrected chi connectivity index (χ4v) is 2.85. The van der Waals surface area contributed by atoms with E-state index >= 15 is 0 Å². The summed E-state index contributed by atoms with van der Waals surface area (Å²) in [4.78, 5) is 27.3. The number of imide groups is 1. The third-order valence-electron chi connectivity index (χ3n) is 3.63. The molecule has 0 N–H and O–H groups in total. The number of nitrogens with zero attached hydrogens (tertiary/aromatic N) is 2. The molecule has 106 valence electrons. The Labute approximate surface area is 125 Å². The maximum atomic E-state index is 12.3. The fourth-order valence-electron chi connectivity index (χ4n) is 2.59. The van der Waals surface area contributed by atoms with Crippen LogP contribution in [0.25, 0.3) is 0 Å². The van der Waals surface area contributed by atoms with Gasteiger partial charge in [-0.15, -0.1) is 0 Å². The maximum Gasteiger partial charge on any atom is 0.327 e. The number of benzene rings is 1. The predicted molar refractivity (Wildman–Crippen MR) is 76.0 cm³/mol. The summed E-state index contributed by atoms with van der Waals surface area (Å²) in [5.41, 5.74) is 1.01. The van der Waals surface area contributed by atoms with Crippen LogP contribution in [0.4, 0.5) is 4.79 Å². The number of carbonyl (C=O) groups excluding carboxylic acids is 2. The van der Waals surface area contributed by atoms with E-state index in [1.165, 1.54) is 4.90 Å². The van der Waals surface area contributed by atoms with Crippen LogP contribution >= 0.6 is 15.9 Å². The van der Waals surface area contributed by atoms with E-state index in [1.54, 1.807) is 4.90 Å². The third-order valence-corrected chi connectivity index (χ3v) is 4.16. The minimum Gasteiger partial charge on any atom is -0.379 e. The van der Waals surface area contributed by atoms with Gasteiger partial charge in [0.25, 0.3) is 5.91 Å². The molecule has 0 bridgehead atoms. The SMILES string of the molecule is O=C1CN(Cc2ccc(Br)cc2)C(=O)N1C1CCOC1. The Morgan fingerprint density at radius 2 is 2.00 bits per heavy atom. The van der Waals surface area contributed by atoms with Crippen molar-refractivity contribution in [1.82, 2.24) is 9.80 Å². The molecule has 1 aromatic rings. The Morgan fingerprint density at radius 3 is 2.65 bits per heavy atom. The molecular weight excluding hydrogens is 324 g/mol. The van der Waals surface area contributed by atoms with Crippen LogP contribution in [0.1, 0.15) is 12.0 Å². The van der Waals surface area contributed by atoms with Crippen LogP contribution in [-0.4, -0.2) is 47.5 Å². The van der Waals surface area contributed by atoms with Gasteiger partial charge in [-0.2, -0.15) is 0 Å². The lowest BCUT2D eigenvalue weighted by molar-refractivity contribution is -0.126. The number of rotatable bonds is 3. The zero-order chi connectivity index (χ0) is 14.1. The smallest absolute Gasteiger partial charge is 0.327 e. The van der Waals surface area contributed by atoms with Gasteiger partial charge in [-0.05, 0) is 24.1 Å². The molecule has 0 aliphatic carbocycles. The molecule has 1 unspecified atom stereocenters. The Kier molecular flexibility index (Phi) is 3.76. The van der Waals surface area contributed by atoms with E-state index in [-0.39, 0.29) is 24.5 Å². The maximum absolute atomic E-state index is 12.3. The molecule has 1 aromatic carbocycles. The molecular formula is C14H15BrN2O3. The second-order valence-electron chi connectivity index (χ2n) is 5.05. The lowest BCUT2D eigenvalue weighted by Crippen LogP contribution is -2.41. The van der Waals surface area contributed by atoms with Crippen LogP contribution in [-0.2, 0) is 16.1 Å². The van der Waals surface area contributed by atoms with Crippen LogP contribution in [0.2, 0.25) is 0 Å². The number of amides is 3. The molecule has 2 saturated heterocycles. The molecule has 2 aliphatic rings. The van der Waals surface area contributed by atoms with E-state index in [1.807, 2.05) is 24.3 Å². The Bertz CT molecular complexity index is 526. The molecule has 5 nitrogen and oxygen atoms in total. The number of hydrogen-bond donors (Lipinski definition) is 0. The third kappa shape index (κ3) is 2.58. The molecule has 0 radical (unpaired) electrons. The number of carbonyl (C=O) groups is 2. The van der Waals surface area contributed by atoms with Gasteiger partial charge in [0, 0.05) is 17.6 Å². The van der Waals surface area contributed by atoms with Crippen molar-refractivity contribution < 1.29 is 14.3 Å². The Hall–Kier alpha value is -1.40.